The number of aromatic nitrogens is 1. The first-order valence-corrected chi connectivity index (χ1v) is 6.76. The maximum absolute atomic E-state index is 11.0. The Kier molecular flexibility index (Phi) is 4.54. The molecule has 0 amide bonds. The Morgan fingerprint density at radius 3 is 2.79 bits per heavy atom. The van der Waals surface area contributed by atoms with E-state index in [0.29, 0.717) is 12.4 Å². The number of anilines is 1. The molecule has 1 N–H and O–H groups in total. The van der Waals surface area contributed by atoms with Gasteiger partial charge in [-0.3, -0.25) is 10.1 Å². The van der Waals surface area contributed by atoms with Gasteiger partial charge in [0.15, 0.2) is 0 Å². The van der Waals surface area contributed by atoms with Gasteiger partial charge < -0.3 is 10.1 Å². The van der Waals surface area contributed by atoms with Crippen LogP contribution >= 0.6 is 0 Å². The molecule has 0 aromatic carbocycles. The van der Waals surface area contributed by atoms with Crippen molar-refractivity contribution in [1.29, 1.82) is 0 Å². The summed E-state index contributed by atoms with van der Waals surface area (Å²) < 4.78 is 5.74. The van der Waals surface area contributed by atoms with Gasteiger partial charge in [0.25, 0.3) is 5.88 Å². The summed E-state index contributed by atoms with van der Waals surface area (Å²) in [5, 5.41) is 14.0. The summed E-state index contributed by atoms with van der Waals surface area (Å²) >= 11 is 0. The van der Waals surface area contributed by atoms with Gasteiger partial charge in [0, 0.05) is 12.6 Å². The van der Waals surface area contributed by atoms with Gasteiger partial charge in [-0.1, -0.05) is 6.42 Å². The van der Waals surface area contributed by atoms with Crippen LogP contribution in [0, 0.1) is 10.1 Å². The van der Waals surface area contributed by atoms with Gasteiger partial charge in [0.1, 0.15) is 11.9 Å². The minimum atomic E-state index is -0.444. The largest absolute Gasteiger partial charge is 0.469 e. The Hall–Kier alpha value is -1.85. The molecule has 104 valence electrons. The van der Waals surface area contributed by atoms with Gasteiger partial charge in [-0.25, -0.2) is 0 Å². The Bertz CT molecular complexity index is 445. The van der Waals surface area contributed by atoms with E-state index in [-0.39, 0.29) is 17.7 Å². The Labute approximate surface area is 112 Å². The average Bonchev–Trinajstić information content (AvgIpc) is 2.40. The zero-order chi connectivity index (χ0) is 13.7. The van der Waals surface area contributed by atoms with E-state index >= 15 is 0 Å². The quantitative estimate of drug-likeness (QED) is 0.653. The molecule has 0 radical (unpaired) electrons. The van der Waals surface area contributed by atoms with E-state index in [1.165, 1.54) is 12.5 Å². The number of pyridine rings is 1. The highest BCUT2D eigenvalue weighted by molar-refractivity contribution is 5.49. The number of hydrogen-bond acceptors (Lipinski definition) is 5. The summed E-state index contributed by atoms with van der Waals surface area (Å²) in [5.74, 6) is 0.745. The lowest BCUT2D eigenvalue weighted by Crippen LogP contribution is -2.21. The molecule has 1 heterocycles. The lowest BCUT2D eigenvalue weighted by molar-refractivity contribution is -0.386. The standard InChI is InChI=1S/C13H19N3O3/c1-2-14-12-9-8-11(16(17)18)13(15-12)19-10-6-4-3-5-7-10/h8-10H,2-7H2,1H3,(H,14,15). The zero-order valence-electron chi connectivity index (χ0n) is 11.1. The predicted octanol–water partition coefficient (Wildman–Crippen LogP) is 3.13. The van der Waals surface area contributed by atoms with Crippen molar-refractivity contribution in [1.82, 2.24) is 4.98 Å². The zero-order valence-corrected chi connectivity index (χ0v) is 11.1. The number of nitrogens with zero attached hydrogens (tertiary/aromatic N) is 2. The van der Waals surface area contributed by atoms with Gasteiger partial charge in [-0.15, -0.1) is 0 Å². The monoisotopic (exact) mass is 265 g/mol. The first-order valence-electron chi connectivity index (χ1n) is 6.76. The Balaban J connectivity index is 2.18. The lowest BCUT2D eigenvalue weighted by atomic mass is 9.98. The van der Waals surface area contributed by atoms with Crippen LogP contribution in [0.1, 0.15) is 39.0 Å². The highest BCUT2D eigenvalue weighted by atomic mass is 16.6. The van der Waals surface area contributed by atoms with Crippen LogP contribution in [0.4, 0.5) is 11.5 Å². The SMILES string of the molecule is CCNc1ccc([N+](=O)[O-])c(OC2CCCCC2)n1. The van der Waals surface area contributed by atoms with E-state index in [2.05, 4.69) is 10.3 Å². The molecular weight excluding hydrogens is 246 g/mol. The summed E-state index contributed by atoms with van der Waals surface area (Å²) in [7, 11) is 0. The van der Waals surface area contributed by atoms with Crippen LogP contribution in [0.5, 0.6) is 5.88 Å². The molecule has 2 rings (SSSR count). The molecule has 1 aliphatic carbocycles. The Morgan fingerprint density at radius 1 is 1.42 bits per heavy atom. The van der Waals surface area contributed by atoms with Crippen molar-refractivity contribution in [2.24, 2.45) is 0 Å². The first kappa shape index (κ1) is 13.6. The number of ether oxygens (including phenoxy) is 1. The second-order valence-corrected chi connectivity index (χ2v) is 4.69. The van der Waals surface area contributed by atoms with E-state index in [1.54, 1.807) is 6.07 Å². The fraction of sp³-hybridized carbons (Fsp3) is 0.615. The van der Waals surface area contributed by atoms with Crippen molar-refractivity contribution in [2.75, 3.05) is 11.9 Å². The average molecular weight is 265 g/mol. The molecule has 6 heteroatoms. The summed E-state index contributed by atoms with van der Waals surface area (Å²) in [6, 6.07) is 3.05. The number of nitro groups is 1. The molecule has 0 unspecified atom stereocenters. The van der Waals surface area contributed by atoms with Gasteiger partial charge >= 0.3 is 5.69 Å². The molecule has 0 bridgehead atoms. The molecule has 0 saturated heterocycles. The molecule has 1 aromatic rings. The maximum Gasteiger partial charge on any atom is 0.331 e. The van der Waals surface area contributed by atoms with Crippen LogP contribution in [0.3, 0.4) is 0 Å². The van der Waals surface area contributed by atoms with Crippen molar-refractivity contribution in [2.45, 2.75) is 45.1 Å². The number of rotatable bonds is 5. The molecule has 0 spiro atoms. The molecule has 19 heavy (non-hydrogen) atoms. The smallest absolute Gasteiger partial charge is 0.331 e. The summed E-state index contributed by atoms with van der Waals surface area (Å²) in [6.45, 7) is 2.67. The van der Waals surface area contributed by atoms with Crippen LogP contribution in [0.2, 0.25) is 0 Å². The topological polar surface area (TPSA) is 77.3 Å². The Morgan fingerprint density at radius 2 is 2.16 bits per heavy atom. The van der Waals surface area contributed by atoms with E-state index in [0.717, 1.165) is 25.7 Å². The minimum Gasteiger partial charge on any atom is -0.469 e. The van der Waals surface area contributed by atoms with Crippen molar-refractivity contribution in [3.8, 4) is 5.88 Å². The second-order valence-electron chi connectivity index (χ2n) is 4.69. The van der Waals surface area contributed by atoms with E-state index in [9.17, 15) is 10.1 Å². The van der Waals surface area contributed by atoms with Gasteiger partial charge in [-0.2, -0.15) is 4.98 Å². The third-order valence-electron chi connectivity index (χ3n) is 3.23. The van der Waals surface area contributed by atoms with E-state index in [4.69, 9.17) is 4.74 Å². The number of nitrogens with one attached hydrogen (secondary N) is 1. The lowest BCUT2D eigenvalue weighted by Gasteiger charge is -2.22. The van der Waals surface area contributed by atoms with Crippen LogP contribution in [0.25, 0.3) is 0 Å². The second kappa shape index (κ2) is 6.36. The molecule has 6 nitrogen and oxygen atoms in total. The van der Waals surface area contributed by atoms with Crippen molar-refractivity contribution in [3.63, 3.8) is 0 Å². The predicted molar refractivity (Wildman–Crippen MR) is 72.6 cm³/mol. The van der Waals surface area contributed by atoms with Gasteiger partial charge in [0.05, 0.1) is 4.92 Å². The number of hydrogen-bond donors (Lipinski definition) is 1. The van der Waals surface area contributed by atoms with Crippen LogP contribution < -0.4 is 10.1 Å². The molecule has 1 fully saturated rings. The maximum atomic E-state index is 11.0. The fourth-order valence-electron chi connectivity index (χ4n) is 2.28. The highest BCUT2D eigenvalue weighted by Crippen LogP contribution is 2.30. The van der Waals surface area contributed by atoms with Gasteiger partial charge in [0.2, 0.25) is 0 Å². The van der Waals surface area contributed by atoms with Crippen LogP contribution in [-0.2, 0) is 0 Å². The molecule has 1 saturated carbocycles. The molecular formula is C13H19N3O3. The van der Waals surface area contributed by atoms with Gasteiger partial charge in [-0.05, 0) is 38.7 Å². The van der Waals surface area contributed by atoms with Crippen molar-refractivity contribution >= 4 is 11.5 Å². The fourth-order valence-corrected chi connectivity index (χ4v) is 2.28. The van der Waals surface area contributed by atoms with E-state index in [1.807, 2.05) is 6.92 Å². The molecule has 0 aliphatic heterocycles. The van der Waals surface area contributed by atoms with Crippen molar-refractivity contribution in [3.05, 3.63) is 22.2 Å². The van der Waals surface area contributed by atoms with E-state index < -0.39 is 4.92 Å². The molecule has 1 aliphatic rings. The minimum absolute atomic E-state index is 0.0526. The third kappa shape index (κ3) is 3.56. The summed E-state index contributed by atoms with van der Waals surface area (Å²) in [5.41, 5.74) is -0.0628. The first-order chi connectivity index (χ1) is 9.20. The summed E-state index contributed by atoms with van der Waals surface area (Å²) in [4.78, 5) is 14.8. The molecule has 0 atom stereocenters. The highest BCUT2D eigenvalue weighted by Gasteiger charge is 2.22. The van der Waals surface area contributed by atoms with Crippen molar-refractivity contribution < 1.29 is 9.66 Å². The molecule has 1 aromatic heterocycles. The summed E-state index contributed by atoms with van der Waals surface area (Å²) in [6.07, 6.45) is 5.40. The normalized spacial score (nSPS) is 16.1. The third-order valence-corrected chi connectivity index (χ3v) is 3.23. The van der Waals surface area contributed by atoms with Crippen LogP contribution in [0.15, 0.2) is 12.1 Å². The van der Waals surface area contributed by atoms with Crippen LogP contribution in [-0.4, -0.2) is 22.6 Å².